The van der Waals surface area contributed by atoms with E-state index in [4.69, 9.17) is 5.11 Å². The Labute approximate surface area is 121 Å². The maximum Gasteiger partial charge on any atom is 0.317 e. The minimum Gasteiger partial charge on any atom is -0.396 e. The number of hydrogen-bond acceptors (Lipinski definition) is 2. The number of benzene rings is 1. The Bertz CT molecular complexity index is 393. The summed E-state index contributed by atoms with van der Waals surface area (Å²) in [4.78, 5) is 13.9. The van der Waals surface area contributed by atoms with Gasteiger partial charge in [-0.3, -0.25) is 0 Å². The smallest absolute Gasteiger partial charge is 0.317 e. The third-order valence-corrected chi connectivity index (χ3v) is 3.14. The Hall–Kier alpha value is -1.55. The van der Waals surface area contributed by atoms with Crippen LogP contribution in [-0.2, 0) is 0 Å². The molecule has 0 aliphatic carbocycles. The maximum atomic E-state index is 12.2. The largest absolute Gasteiger partial charge is 0.396 e. The van der Waals surface area contributed by atoms with Gasteiger partial charge in [-0.05, 0) is 24.3 Å². The quantitative estimate of drug-likeness (QED) is 0.806. The molecule has 1 rings (SSSR count). The lowest BCUT2D eigenvalue weighted by Gasteiger charge is -2.25. The first-order valence-electron chi connectivity index (χ1n) is 7.22. The Balaban J connectivity index is 2.67. The number of nitrogens with one attached hydrogen (secondary N) is 1. The molecule has 0 spiro atoms. The van der Waals surface area contributed by atoms with Gasteiger partial charge in [-0.25, -0.2) is 4.79 Å². The van der Waals surface area contributed by atoms with Crippen LogP contribution in [0.4, 0.5) is 4.79 Å². The van der Waals surface area contributed by atoms with Crippen LogP contribution >= 0.6 is 0 Å². The summed E-state index contributed by atoms with van der Waals surface area (Å²) >= 11 is 0. The van der Waals surface area contributed by atoms with Crippen LogP contribution in [0.25, 0.3) is 0 Å². The molecule has 0 fully saturated rings. The maximum absolute atomic E-state index is 12.2. The lowest BCUT2D eigenvalue weighted by atomic mass is 10.0. The zero-order valence-electron chi connectivity index (χ0n) is 12.7. The van der Waals surface area contributed by atoms with Crippen molar-refractivity contribution in [3.8, 4) is 0 Å². The number of carbonyl (C=O) groups is 1. The predicted octanol–water partition coefficient (Wildman–Crippen LogP) is 2.80. The summed E-state index contributed by atoms with van der Waals surface area (Å²) in [6, 6.07) is 9.78. The van der Waals surface area contributed by atoms with Gasteiger partial charge in [0.2, 0.25) is 0 Å². The second-order valence-electron chi connectivity index (χ2n) is 5.55. The van der Waals surface area contributed by atoms with Crippen molar-refractivity contribution in [2.24, 2.45) is 5.92 Å². The number of amides is 2. The summed E-state index contributed by atoms with van der Waals surface area (Å²) in [5.41, 5.74) is 1.08. The van der Waals surface area contributed by atoms with E-state index in [0.29, 0.717) is 12.3 Å². The van der Waals surface area contributed by atoms with Crippen molar-refractivity contribution in [2.45, 2.75) is 32.7 Å². The first kappa shape index (κ1) is 16.5. The highest BCUT2D eigenvalue weighted by atomic mass is 16.3. The number of nitrogens with zero attached hydrogens (tertiary/aromatic N) is 1. The highest BCUT2D eigenvalue weighted by Crippen LogP contribution is 2.18. The van der Waals surface area contributed by atoms with Gasteiger partial charge >= 0.3 is 6.03 Å². The fraction of sp³-hybridized carbons (Fsp3) is 0.562. The monoisotopic (exact) mass is 278 g/mol. The average molecular weight is 278 g/mol. The zero-order valence-corrected chi connectivity index (χ0v) is 12.7. The van der Waals surface area contributed by atoms with Gasteiger partial charge in [-0.1, -0.05) is 44.2 Å². The van der Waals surface area contributed by atoms with Crippen LogP contribution in [0, 0.1) is 5.92 Å². The van der Waals surface area contributed by atoms with Crippen molar-refractivity contribution in [1.29, 1.82) is 0 Å². The van der Waals surface area contributed by atoms with Gasteiger partial charge in [0.15, 0.2) is 0 Å². The van der Waals surface area contributed by atoms with Gasteiger partial charge in [0.25, 0.3) is 0 Å². The zero-order chi connectivity index (χ0) is 15.0. The van der Waals surface area contributed by atoms with Crippen molar-refractivity contribution >= 4 is 6.03 Å². The van der Waals surface area contributed by atoms with Gasteiger partial charge < -0.3 is 15.3 Å². The van der Waals surface area contributed by atoms with E-state index < -0.39 is 0 Å². The molecule has 0 heterocycles. The summed E-state index contributed by atoms with van der Waals surface area (Å²) < 4.78 is 0. The number of rotatable bonds is 7. The molecule has 2 N–H and O–H groups in total. The topological polar surface area (TPSA) is 52.6 Å². The van der Waals surface area contributed by atoms with Crippen molar-refractivity contribution in [3.63, 3.8) is 0 Å². The molecule has 1 aromatic carbocycles. The Morgan fingerprint density at radius 2 is 1.95 bits per heavy atom. The summed E-state index contributed by atoms with van der Waals surface area (Å²) in [7, 11) is 1.81. The Kier molecular flexibility index (Phi) is 7.09. The number of hydrogen-bond donors (Lipinski definition) is 2. The third-order valence-electron chi connectivity index (χ3n) is 3.14. The van der Waals surface area contributed by atoms with Crippen LogP contribution in [0.3, 0.4) is 0 Å². The van der Waals surface area contributed by atoms with Crippen LogP contribution in [0.5, 0.6) is 0 Å². The molecule has 1 unspecified atom stereocenters. The van der Waals surface area contributed by atoms with Crippen LogP contribution in [0.1, 0.15) is 38.3 Å². The summed E-state index contributed by atoms with van der Waals surface area (Å²) in [5.74, 6) is 0.443. The molecule has 1 atom stereocenters. The molecule has 0 aliphatic rings. The first-order chi connectivity index (χ1) is 9.54. The second kappa shape index (κ2) is 8.59. The molecule has 4 heteroatoms. The molecule has 112 valence electrons. The first-order valence-corrected chi connectivity index (χ1v) is 7.22. The van der Waals surface area contributed by atoms with E-state index in [-0.39, 0.29) is 18.7 Å². The SMILES string of the molecule is CC(C)CN(C)C(=O)NC(CCCO)c1ccccc1. The third kappa shape index (κ3) is 5.61. The molecular weight excluding hydrogens is 252 g/mol. The Morgan fingerprint density at radius 3 is 2.50 bits per heavy atom. The van der Waals surface area contributed by atoms with Gasteiger partial charge in [-0.2, -0.15) is 0 Å². The highest BCUT2D eigenvalue weighted by molar-refractivity contribution is 5.74. The molecule has 4 nitrogen and oxygen atoms in total. The molecular formula is C16H26N2O2. The molecule has 20 heavy (non-hydrogen) atoms. The number of urea groups is 1. The fourth-order valence-electron chi connectivity index (χ4n) is 2.19. The van der Waals surface area contributed by atoms with E-state index in [1.54, 1.807) is 4.90 Å². The van der Waals surface area contributed by atoms with Crippen molar-refractivity contribution in [1.82, 2.24) is 10.2 Å². The van der Waals surface area contributed by atoms with Crippen molar-refractivity contribution in [3.05, 3.63) is 35.9 Å². The number of aliphatic hydroxyl groups is 1. The standard InChI is InChI=1S/C16H26N2O2/c1-13(2)12-18(3)16(20)17-15(10-7-11-19)14-8-5-4-6-9-14/h4-6,8-9,13,15,19H,7,10-12H2,1-3H3,(H,17,20). The fourth-order valence-corrected chi connectivity index (χ4v) is 2.19. The molecule has 0 aromatic heterocycles. The van der Waals surface area contributed by atoms with Crippen LogP contribution < -0.4 is 5.32 Å². The number of carbonyl (C=O) groups excluding carboxylic acids is 1. The molecule has 1 aromatic rings. The molecule has 0 radical (unpaired) electrons. The normalized spacial score (nSPS) is 12.2. The van der Waals surface area contributed by atoms with E-state index in [1.165, 1.54) is 0 Å². The highest BCUT2D eigenvalue weighted by Gasteiger charge is 2.17. The summed E-state index contributed by atoms with van der Waals surface area (Å²) in [6.45, 7) is 5.04. The summed E-state index contributed by atoms with van der Waals surface area (Å²) in [6.07, 6.45) is 1.41. The Morgan fingerprint density at radius 1 is 1.30 bits per heavy atom. The van der Waals surface area contributed by atoms with Gasteiger partial charge in [-0.15, -0.1) is 0 Å². The van der Waals surface area contributed by atoms with Gasteiger partial charge in [0, 0.05) is 20.2 Å². The molecule has 0 saturated carbocycles. The second-order valence-corrected chi connectivity index (χ2v) is 5.55. The average Bonchev–Trinajstić information content (AvgIpc) is 2.43. The molecule has 0 bridgehead atoms. The van der Waals surface area contributed by atoms with E-state index in [0.717, 1.165) is 18.5 Å². The molecule has 2 amide bonds. The lowest BCUT2D eigenvalue weighted by molar-refractivity contribution is 0.197. The van der Waals surface area contributed by atoms with Crippen LogP contribution in [0.15, 0.2) is 30.3 Å². The lowest BCUT2D eigenvalue weighted by Crippen LogP contribution is -2.41. The number of aliphatic hydroxyl groups excluding tert-OH is 1. The van der Waals surface area contributed by atoms with Gasteiger partial charge in [0.1, 0.15) is 0 Å². The van der Waals surface area contributed by atoms with Gasteiger partial charge in [0.05, 0.1) is 6.04 Å². The van der Waals surface area contributed by atoms with E-state index >= 15 is 0 Å². The van der Waals surface area contributed by atoms with Crippen molar-refractivity contribution < 1.29 is 9.90 Å². The summed E-state index contributed by atoms with van der Waals surface area (Å²) in [5, 5.41) is 12.1. The minimum absolute atomic E-state index is 0.0505. The van der Waals surface area contributed by atoms with Crippen LogP contribution in [-0.4, -0.2) is 36.2 Å². The van der Waals surface area contributed by atoms with E-state index in [2.05, 4.69) is 19.2 Å². The molecule has 0 aliphatic heterocycles. The molecule has 0 saturated heterocycles. The van der Waals surface area contributed by atoms with Crippen LogP contribution in [0.2, 0.25) is 0 Å². The van der Waals surface area contributed by atoms with E-state index in [9.17, 15) is 4.79 Å². The minimum atomic E-state index is -0.0644. The van der Waals surface area contributed by atoms with Crippen molar-refractivity contribution in [2.75, 3.05) is 20.2 Å². The van der Waals surface area contributed by atoms with E-state index in [1.807, 2.05) is 37.4 Å². The predicted molar refractivity (Wildman–Crippen MR) is 81.5 cm³/mol.